The fourth-order valence-electron chi connectivity index (χ4n) is 2.98. The van der Waals surface area contributed by atoms with Crippen molar-refractivity contribution >= 4 is 34.1 Å². The molecule has 0 bridgehead atoms. The van der Waals surface area contributed by atoms with Gasteiger partial charge in [-0.2, -0.15) is 0 Å². The summed E-state index contributed by atoms with van der Waals surface area (Å²) >= 11 is 2.73. The van der Waals surface area contributed by atoms with Crippen molar-refractivity contribution in [1.29, 1.82) is 0 Å². The summed E-state index contributed by atoms with van der Waals surface area (Å²) < 4.78 is 13.4. The van der Waals surface area contributed by atoms with Gasteiger partial charge in [-0.15, -0.1) is 20.4 Å². The number of benzene rings is 1. The van der Waals surface area contributed by atoms with Gasteiger partial charge in [0.05, 0.1) is 12.9 Å². The first-order valence-electron chi connectivity index (χ1n) is 10.8. The van der Waals surface area contributed by atoms with E-state index in [1.165, 1.54) is 23.1 Å². The first-order chi connectivity index (χ1) is 15.8. The van der Waals surface area contributed by atoms with Crippen LogP contribution in [-0.2, 0) is 11.3 Å². The summed E-state index contributed by atoms with van der Waals surface area (Å²) in [6.07, 6.45) is -0.331. The molecule has 9 nitrogen and oxygen atoms in total. The Hall–Kier alpha value is -2.66. The zero-order chi connectivity index (χ0) is 24.0. The van der Waals surface area contributed by atoms with Crippen LogP contribution in [0.5, 0.6) is 11.5 Å². The van der Waals surface area contributed by atoms with E-state index in [9.17, 15) is 4.79 Å². The zero-order valence-electron chi connectivity index (χ0n) is 19.7. The number of thioether (sulfide) groups is 1. The molecular weight excluding hydrogens is 460 g/mol. The summed E-state index contributed by atoms with van der Waals surface area (Å²) in [6.45, 7) is 11.0. The second-order valence-electron chi connectivity index (χ2n) is 8.22. The molecule has 1 atom stereocenters. The van der Waals surface area contributed by atoms with Crippen LogP contribution >= 0.6 is 23.1 Å². The predicted octanol–water partition coefficient (Wildman–Crippen LogP) is 4.79. The molecule has 0 radical (unpaired) electrons. The van der Waals surface area contributed by atoms with E-state index in [1.807, 2.05) is 49.6 Å². The highest BCUT2D eigenvalue weighted by molar-refractivity contribution is 7.99. The average molecular weight is 491 g/mol. The Kier molecular flexibility index (Phi) is 8.67. The SMILES string of the molecule is COc1cccc(OC(C)c2nnc(SCC(=O)Nc3nnc(C(C)C)s3)n2CC(C)C)c1. The van der Waals surface area contributed by atoms with Crippen LogP contribution in [0.2, 0.25) is 0 Å². The third kappa shape index (κ3) is 6.91. The second kappa shape index (κ2) is 11.5. The van der Waals surface area contributed by atoms with Gasteiger partial charge in [-0.1, -0.05) is 56.9 Å². The van der Waals surface area contributed by atoms with Gasteiger partial charge in [-0.3, -0.25) is 10.1 Å². The Balaban J connectivity index is 1.68. The number of hydrogen-bond donors (Lipinski definition) is 1. The summed E-state index contributed by atoms with van der Waals surface area (Å²) in [4.78, 5) is 12.5. The third-order valence-electron chi connectivity index (χ3n) is 4.52. The minimum atomic E-state index is -0.331. The summed E-state index contributed by atoms with van der Waals surface area (Å²) in [7, 11) is 1.62. The largest absolute Gasteiger partial charge is 0.497 e. The molecule has 0 aliphatic rings. The fourth-order valence-corrected chi connectivity index (χ4v) is 4.50. The second-order valence-corrected chi connectivity index (χ2v) is 10.2. The number of nitrogens with one attached hydrogen (secondary N) is 1. The molecule has 33 heavy (non-hydrogen) atoms. The lowest BCUT2D eigenvalue weighted by atomic mass is 10.2. The van der Waals surface area contributed by atoms with Crippen molar-refractivity contribution in [3.63, 3.8) is 0 Å². The van der Waals surface area contributed by atoms with Crippen molar-refractivity contribution < 1.29 is 14.3 Å². The summed E-state index contributed by atoms with van der Waals surface area (Å²) in [5.41, 5.74) is 0. The first-order valence-corrected chi connectivity index (χ1v) is 12.6. The van der Waals surface area contributed by atoms with E-state index in [-0.39, 0.29) is 23.7 Å². The number of amides is 1. The highest BCUT2D eigenvalue weighted by Crippen LogP contribution is 2.28. The smallest absolute Gasteiger partial charge is 0.236 e. The van der Waals surface area contributed by atoms with Crippen LogP contribution in [0.1, 0.15) is 57.5 Å². The van der Waals surface area contributed by atoms with E-state index in [0.29, 0.717) is 34.3 Å². The van der Waals surface area contributed by atoms with Crippen molar-refractivity contribution in [3.05, 3.63) is 35.1 Å². The van der Waals surface area contributed by atoms with Gasteiger partial charge < -0.3 is 14.0 Å². The van der Waals surface area contributed by atoms with Crippen LogP contribution < -0.4 is 14.8 Å². The van der Waals surface area contributed by atoms with Gasteiger partial charge in [-0.05, 0) is 25.0 Å². The minimum absolute atomic E-state index is 0.159. The van der Waals surface area contributed by atoms with Gasteiger partial charge in [0, 0.05) is 18.5 Å². The first kappa shape index (κ1) is 25.0. The standard InChI is InChI=1S/C22H30N6O3S2/c1-13(2)11-28-19(15(5)31-17-9-7-8-16(10-17)30-6)24-27-22(28)32-12-18(29)23-21-26-25-20(33-21)14(3)4/h7-10,13-15H,11-12H2,1-6H3,(H,23,26,29). The predicted molar refractivity (Wildman–Crippen MR) is 130 cm³/mol. The number of ether oxygens (including phenoxy) is 2. The maximum Gasteiger partial charge on any atom is 0.236 e. The van der Waals surface area contributed by atoms with Gasteiger partial charge in [0.25, 0.3) is 0 Å². The minimum Gasteiger partial charge on any atom is -0.497 e. The molecule has 0 fully saturated rings. The van der Waals surface area contributed by atoms with Crippen LogP contribution in [0.15, 0.2) is 29.4 Å². The number of methoxy groups -OCH3 is 1. The molecule has 0 aliphatic heterocycles. The van der Waals surface area contributed by atoms with Crippen molar-refractivity contribution in [2.45, 2.75) is 58.3 Å². The van der Waals surface area contributed by atoms with Crippen LogP contribution in [0, 0.1) is 5.92 Å². The van der Waals surface area contributed by atoms with E-state index in [0.717, 1.165) is 10.8 Å². The zero-order valence-corrected chi connectivity index (χ0v) is 21.4. The molecule has 3 aromatic rings. The molecule has 1 N–H and O–H groups in total. The molecule has 1 amide bonds. The van der Waals surface area contributed by atoms with Crippen molar-refractivity contribution in [1.82, 2.24) is 25.0 Å². The maximum absolute atomic E-state index is 12.5. The van der Waals surface area contributed by atoms with Gasteiger partial charge in [0.1, 0.15) is 16.5 Å². The number of aromatic nitrogens is 5. The van der Waals surface area contributed by atoms with Crippen LogP contribution in [0.4, 0.5) is 5.13 Å². The average Bonchev–Trinajstić information content (AvgIpc) is 3.39. The van der Waals surface area contributed by atoms with E-state index in [2.05, 4.69) is 39.6 Å². The van der Waals surface area contributed by atoms with E-state index >= 15 is 0 Å². The molecule has 3 rings (SSSR count). The number of anilines is 1. The molecule has 0 spiro atoms. The molecule has 1 unspecified atom stereocenters. The van der Waals surface area contributed by atoms with Crippen LogP contribution in [0.3, 0.4) is 0 Å². The molecule has 11 heteroatoms. The Morgan fingerprint density at radius 1 is 1.12 bits per heavy atom. The number of nitrogens with zero attached hydrogens (tertiary/aromatic N) is 5. The van der Waals surface area contributed by atoms with E-state index in [4.69, 9.17) is 9.47 Å². The normalized spacial score (nSPS) is 12.2. The molecule has 0 aliphatic carbocycles. The van der Waals surface area contributed by atoms with Gasteiger partial charge >= 0.3 is 0 Å². The van der Waals surface area contributed by atoms with Gasteiger partial charge in [-0.25, -0.2) is 0 Å². The highest BCUT2D eigenvalue weighted by Gasteiger charge is 2.21. The van der Waals surface area contributed by atoms with E-state index < -0.39 is 0 Å². The van der Waals surface area contributed by atoms with Crippen molar-refractivity contribution in [2.24, 2.45) is 5.92 Å². The Bertz CT molecular complexity index is 1070. The lowest BCUT2D eigenvalue weighted by molar-refractivity contribution is -0.113. The number of carbonyl (C=O) groups excluding carboxylic acids is 1. The summed E-state index contributed by atoms with van der Waals surface area (Å²) in [6, 6.07) is 7.45. The maximum atomic E-state index is 12.5. The molecule has 0 saturated heterocycles. The Morgan fingerprint density at radius 3 is 2.55 bits per heavy atom. The third-order valence-corrected chi connectivity index (χ3v) is 6.63. The molecule has 2 heterocycles. The molecule has 178 valence electrons. The Labute approximate surface area is 202 Å². The summed E-state index contributed by atoms with van der Waals surface area (Å²) in [5.74, 6) is 2.80. The lowest BCUT2D eigenvalue weighted by Crippen LogP contribution is -2.17. The number of rotatable bonds is 11. The number of carbonyl (C=O) groups is 1. The Morgan fingerprint density at radius 2 is 1.88 bits per heavy atom. The van der Waals surface area contributed by atoms with Crippen molar-refractivity contribution in [2.75, 3.05) is 18.2 Å². The van der Waals surface area contributed by atoms with Crippen LogP contribution in [0.25, 0.3) is 0 Å². The fraction of sp³-hybridized carbons (Fsp3) is 0.500. The molecule has 0 saturated carbocycles. The summed E-state index contributed by atoms with van der Waals surface area (Å²) in [5, 5.41) is 21.7. The highest BCUT2D eigenvalue weighted by atomic mass is 32.2. The van der Waals surface area contributed by atoms with Gasteiger partial charge in [0.15, 0.2) is 17.1 Å². The molecule has 1 aromatic carbocycles. The van der Waals surface area contributed by atoms with Crippen molar-refractivity contribution in [3.8, 4) is 11.5 Å². The molecule has 2 aromatic heterocycles. The van der Waals surface area contributed by atoms with Gasteiger partial charge in [0.2, 0.25) is 11.0 Å². The van der Waals surface area contributed by atoms with Crippen LogP contribution in [-0.4, -0.2) is 43.7 Å². The monoisotopic (exact) mass is 490 g/mol. The number of hydrogen-bond acceptors (Lipinski definition) is 9. The molecular formula is C22H30N6O3S2. The topological polar surface area (TPSA) is 104 Å². The quantitative estimate of drug-likeness (QED) is 0.383. The lowest BCUT2D eigenvalue weighted by Gasteiger charge is -2.18. The van der Waals surface area contributed by atoms with E-state index in [1.54, 1.807) is 7.11 Å².